The van der Waals surface area contributed by atoms with Crippen LogP contribution in [0.2, 0.25) is 0 Å². The summed E-state index contributed by atoms with van der Waals surface area (Å²) in [6.45, 7) is 4.75. The third-order valence-electron chi connectivity index (χ3n) is 4.82. The van der Waals surface area contributed by atoms with Crippen molar-refractivity contribution in [2.75, 3.05) is 18.6 Å². The van der Waals surface area contributed by atoms with Gasteiger partial charge in [-0.3, -0.25) is 9.59 Å². The molecule has 142 valence electrons. The molecular formula is C22H26N2O3. The second-order valence-corrected chi connectivity index (χ2v) is 7.22. The summed E-state index contributed by atoms with van der Waals surface area (Å²) >= 11 is 0. The molecule has 2 amide bonds. The fourth-order valence-corrected chi connectivity index (χ4v) is 3.52. The zero-order chi connectivity index (χ0) is 19.4. The normalized spacial score (nSPS) is 14.0. The summed E-state index contributed by atoms with van der Waals surface area (Å²) in [6, 6.07) is 14.4. The van der Waals surface area contributed by atoms with Gasteiger partial charge < -0.3 is 15.0 Å². The van der Waals surface area contributed by atoms with Gasteiger partial charge in [-0.05, 0) is 42.5 Å². The molecule has 1 heterocycles. The molecule has 0 aliphatic carbocycles. The first kappa shape index (κ1) is 19.0. The summed E-state index contributed by atoms with van der Waals surface area (Å²) in [4.78, 5) is 27.9. The number of para-hydroxylation sites is 2. The Morgan fingerprint density at radius 3 is 2.56 bits per heavy atom. The van der Waals surface area contributed by atoms with Crippen LogP contribution >= 0.6 is 0 Å². The molecule has 1 atom stereocenters. The molecule has 5 nitrogen and oxygen atoms in total. The van der Waals surface area contributed by atoms with Crippen LogP contribution in [0.25, 0.3) is 0 Å². The maximum Gasteiger partial charge on any atom is 0.255 e. The van der Waals surface area contributed by atoms with Gasteiger partial charge in [-0.25, -0.2) is 0 Å². The first-order valence-electron chi connectivity index (χ1n) is 9.34. The Balaban J connectivity index is 1.82. The number of methoxy groups -OCH3 is 1. The highest BCUT2D eigenvalue weighted by molar-refractivity contribution is 6.04. The molecule has 0 radical (unpaired) electrons. The first-order valence-corrected chi connectivity index (χ1v) is 9.34. The molecule has 1 aliphatic heterocycles. The number of rotatable bonds is 6. The van der Waals surface area contributed by atoms with Gasteiger partial charge in [0.25, 0.3) is 5.91 Å². The van der Waals surface area contributed by atoms with Crippen molar-refractivity contribution in [3.63, 3.8) is 0 Å². The predicted octanol–water partition coefficient (Wildman–Crippen LogP) is 3.43. The molecule has 0 spiro atoms. The topological polar surface area (TPSA) is 58.6 Å². The molecule has 0 saturated heterocycles. The van der Waals surface area contributed by atoms with Gasteiger partial charge in [0.1, 0.15) is 11.8 Å². The van der Waals surface area contributed by atoms with Crippen LogP contribution in [-0.4, -0.2) is 31.5 Å². The fourth-order valence-electron chi connectivity index (χ4n) is 3.52. The van der Waals surface area contributed by atoms with Crippen molar-refractivity contribution in [1.82, 2.24) is 5.32 Å². The van der Waals surface area contributed by atoms with Gasteiger partial charge in [0.05, 0.1) is 12.7 Å². The molecule has 2 aromatic carbocycles. The number of ether oxygens (including phenoxy) is 1. The van der Waals surface area contributed by atoms with Crippen LogP contribution in [-0.2, 0) is 11.2 Å². The van der Waals surface area contributed by atoms with Gasteiger partial charge in [0.15, 0.2) is 0 Å². The maximum absolute atomic E-state index is 13.2. The van der Waals surface area contributed by atoms with Crippen molar-refractivity contribution < 1.29 is 14.3 Å². The highest BCUT2D eigenvalue weighted by Gasteiger charge is 2.32. The lowest BCUT2D eigenvalue weighted by Gasteiger charge is -2.26. The van der Waals surface area contributed by atoms with Crippen LogP contribution in [0, 0.1) is 5.92 Å². The van der Waals surface area contributed by atoms with Gasteiger partial charge in [0, 0.05) is 12.2 Å². The molecular weight excluding hydrogens is 340 g/mol. The molecule has 1 N–H and O–H groups in total. The van der Waals surface area contributed by atoms with Crippen molar-refractivity contribution in [3.05, 3.63) is 59.7 Å². The molecule has 2 aromatic rings. The Kier molecular flexibility index (Phi) is 5.79. The lowest BCUT2D eigenvalue weighted by atomic mass is 10.0. The summed E-state index contributed by atoms with van der Waals surface area (Å²) in [5, 5.41) is 2.94. The van der Waals surface area contributed by atoms with Crippen LogP contribution < -0.4 is 15.0 Å². The molecule has 3 rings (SSSR count). The summed E-state index contributed by atoms with van der Waals surface area (Å²) in [5.41, 5.74) is 2.55. The number of carbonyl (C=O) groups is 2. The Hall–Kier alpha value is -2.82. The Morgan fingerprint density at radius 2 is 1.81 bits per heavy atom. The standard InChI is InChI=1S/C22H26N2O3/c1-15(2)14-18(23-21(25)17-9-5-7-11-20(17)27-3)22(26)24-13-12-16-8-4-6-10-19(16)24/h4-11,15,18H,12-14H2,1-3H3,(H,23,25)/t18-/m0/s1. The fraction of sp³-hybridized carbons (Fsp3) is 0.364. The Bertz CT molecular complexity index is 832. The molecule has 27 heavy (non-hydrogen) atoms. The van der Waals surface area contributed by atoms with Crippen LogP contribution in [0.3, 0.4) is 0 Å². The highest BCUT2D eigenvalue weighted by Crippen LogP contribution is 2.28. The smallest absolute Gasteiger partial charge is 0.255 e. The zero-order valence-electron chi connectivity index (χ0n) is 16.1. The van der Waals surface area contributed by atoms with Crippen LogP contribution in [0.1, 0.15) is 36.2 Å². The van der Waals surface area contributed by atoms with E-state index in [4.69, 9.17) is 4.74 Å². The lowest BCUT2D eigenvalue weighted by molar-refractivity contribution is -0.120. The highest BCUT2D eigenvalue weighted by atomic mass is 16.5. The minimum absolute atomic E-state index is 0.0584. The van der Waals surface area contributed by atoms with Gasteiger partial charge in [-0.15, -0.1) is 0 Å². The molecule has 0 unspecified atom stereocenters. The van der Waals surface area contributed by atoms with Crippen molar-refractivity contribution in [1.29, 1.82) is 0 Å². The Labute approximate surface area is 160 Å². The van der Waals surface area contributed by atoms with E-state index >= 15 is 0 Å². The quantitative estimate of drug-likeness (QED) is 0.852. The van der Waals surface area contributed by atoms with E-state index in [1.165, 1.54) is 12.7 Å². The van der Waals surface area contributed by atoms with Crippen molar-refractivity contribution >= 4 is 17.5 Å². The largest absolute Gasteiger partial charge is 0.496 e. The Morgan fingerprint density at radius 1 is 1.11 bits per heavy atom. The van der Waals surface area contributed by atoms with E-state index in [1.54, 1.807) is 23.1 Å². The molecule has 0 saturated carbocycles. The third kappa shape index (κ3) is 4.13. The number of nitrogens with one attached hydrogen (secondary N) is 1. The van der Waals surface area contributed by atoms with Gasteiger partial charge in [-0.2, -0.15) is 0 Å². The number of amides is 2. The summed E-state index contributed by atoms with van der Waals surface area (Å²) in [5.74, 6) is 0.419. The molecule has 1 aliphatic rings. The maximum atomic E-state index is 13.2. The number of anilines is 1. The minimum atomic E-state index is -0.575. The number of benzene rings is 2. The van der Waals surface area contributed by atoms with E-state index in [-0.39, 0.29) is 17.7 Å². The number of fused-ring (bicyclic) bond motifs is 1. The van der Waals surface area contributed by atoms with Crippen molar-refractivity contribution in [2.45, 2.75) is 32.7 Å². The van der Waals surface area contributed by atoms with Crippen molar-refractivity contribution in [2.24, 2.45) is 5.92 Å². The molecule has 5 heteroatoms. The van der Waals surface area contributed by atoms with E-state index in [9.17, 15) is 9.59 Å². The minimum Gasteiger partial charge on any atom is -0.496 e. The van der Waals surface area contributed by atoms with Crippen LogP contribution in [0.5, 0.6) is 5.75 Å². The number of carbonyl (C=O) groups excluding carboxylic acids is 2. The monoisotopic (exact) mass is 366 g/mol. The molecule has 0 aromatic heterocycles. The van der Waals surface area contributed by atoms with Gasteiger partial charge in [-0.1, -0.05) is 44.2 Å². The van der Waals surface area contributed by atoms with E-state index in [1.807, 2.05) is 44.2 Å². The average Bonchev–Trinajstić information content (AvgIpc) is 3.10. The summed E-state index contributed by atoms with van der Waals surface area (Å²) in [6.07, 6.45) is 1.43. The SMILES string of the molecule is COc1ccccc1C(=O)N[C@@H](CC(C)C)C(=O)N1CCc2ccccc21. The first-order chi connectivity index (χ1) is 13.0. The lowest BCUT2D eigenvalue weighted by Crippen LogP contribution is -2.49. The van der Waals surface area contributed by atoms with E-state index in [0.717, 1.165) is 12.1 Å². The van der Waals surface area contributed by atoms with E-state index < -0.39 is 6.04 Å². The third-order valence-corrected chi connectivity index (χ3v) is 4.82. The van der Waals surface area contributed by atoms with E-state index in [2.05, 4.69) is 5.32 Å². The zero-order valence-corrected chi connectivity index (χ0v) is 16.1. The second-order valence-electron chi connectivity index (χ2n) is 7.22. The summed E-state index contributed by atoms with van der Waals surface area (Å²) < 4.78 is 5.28. The number of nitrogens with zero attached hydrogens (tertiary/aromatic N) is 1. The average molecular weight is 366 g/mol. The van der Waals surface area contributed by atoms with Gasteiger partial charge >= 0.3 is 0 Å². The predicted molar refractivity (Wildman–Crippen MR) is 106 cm³/mol. The number of hydrogen-bond donors (Lipinski definition) is 1. The van der Waals surface area contributed by atoms with E-state index in [0.29, 0.717) is 24.3 Å². The van der Waals surface area contributed by atoms with Crippen molar-refractivity contribution in [3.8, 4) is 5.75 Å². The van der Waals surface area contributed by atoms with Crippen LogP contribution in [0.4, 0.5) is 5.69 Å². The van der Waals surface area contributed by atoms with Gasteiger partial charge in [0.2, 0.25) is 5.91 Å². The van der Waals surface area contributed by atoms with Crippen LogP contribution in [0.15, 0.2) is 48.5 Å². The second kappa shape index (κ2) is 8.25. The molecule has 0 bridgehead atoms. The molecule has 0 fully saturated rings. The number of hydrogen-bond acceptors (Lipinski definition) is 3. The summed E-state index contributed by atoms with van der Waals surface area (Å²) in [7, 11) is 1.53.